The van der Waals surface area contributed by atoms with Crippen LogP contribution >= 0.6 is 0 Å². The quantitative estimate of drug-likeness (QED) is 0.696. The highest BCUT2D eigenvalue weighted by atomic mass is 14.9. The van der Waals surface area contributed by atoms with Gasteiger partial charge in [-0.15, -0.1) is 0 Å². The molecule has 1 heterocycles. The van der Waals surface area contributed by atoms with E-state index in [4.69, 9.17) is 0 Å². The molecule has 0 aromatic carbocycles. The van der Waals surface area contributed by atoms with E-state index in [1.807, 2.05) is 39.8 Å². The Morgan fingerprint density at radius 1 is 1.12 bits per heavy atom. The molecule has 0 radical (unpaired) electrons. The molecule has 1 N–H and O–H groups in total. The molecule has 0 spiro atoms. The van der Waals surface area contributed by atoms with Gasteiger partial charge in [0.1, 0.15) is 0 Å². The first kappa shape index (κ1) is 17.6. The van der Waals surface area contributed by atoms with Crippen LogP contribution < -0.4 is 5.32 Å². The largest absolute Gasteiger partial charge is 0.310 e. The molecular weight excluding hydrogens is 194 g/mol. The van der Waals surface area contributed by atoms with E-state index < -0.39 is 0 Å². The van der Waals surface area contributed by atoms with E-state index in [9.17, 15) is 0 Å². The predicted octanol–water partition coefficient (Wildman–Crippen LogP) is 4.48. The average molecular weight is 223 g/mol. The fourth-order valence-electron chi connectivity index (χ4n) is 1.65. The van der Waals surface area contributed by atoms with Gasteiger partial charge in [0.15, 0.2) is 0 Å². The lowest BCUT2D eigenvalue weighted by molar-refractivity contribution is 0.699. The summed E-state index contributed by atoms with van der Waals surface area (Å²) in [4.78, 5) is 0. The molecule has 1 heteroatoms. The zero-order chi connectivity index (χ0) is 13.0. The summed E-state index contributed by atoms with van der Waals surface area (Å²) in [6, 6.07) is 0.514. The van der Waals surface area contributed by atoms with Crippen LogP contribution in [0.2, 0.25) is 0 Å². The van der Waals surface area contributed by atoms with Gasteiger partial charge < -0.3 is 5.32 Å². The van der Waals surface area contributed by atoms with Crippen LogP contribution in [-0.2, 0) is 0 Å². The SMILES string of the molecule is C=C/C(C)=C(\C=C)C1CCCN1.CC.CC. The summed E-state index contributed by atoms with van der Waals surface area (Å²) in [6.45, 7) is 18.8. The maximum Gasteiger partial charge on any atom is 0.0323 e. The first-order chi connectivity index (χ1) is 7.79. The number of hydrogen-bond donors (Lipinski definition) is 1. The topological polar surface area (TPSA) is 12.0 Å². The molecule has 0 amide bonds. The van der Waals surface area contributed by atoms with E-state index in [0.29, 0.717) is 6.04 Å². The molecular formula is C15H29N. The first-order valence-corrected chi connectivity index (χ1v) is 6.48. The van der Waals surface area contributed by atoms with Crippen molar-refractivity contribution in [2.75, 3.05) is 6.54 Å². The maximum absolute atomic E-state index is 3.83. The standard InChI is InChI=1S/C11H17N.2C2H6/c1-4-9(3)10(5-2)11-7-6-8-12-11;2*1-2/h4-5,11-12H,1-2,6-8H2,3H3;2*1-2H3/b10-9+;;. The lowest BCUT2D eigenvalue weighted by Gasteiger charge is -2.13. The molecule has 16 heavy (non-hydrogen) atoms. The second-order valence-electron chi connectivity index (χ2n) is 3.20. The second-order valence-corrected chi connectivity index (χ2v) is 3.20. The van der Waals surface area contributed by atoms with Crippen molar-refractivity contribution < 1.29 is 0 Å². The third-order valence-corrected chi connectivity index (χ3v) is 2.42. The Bertz CT molecular complexity index is 207. The minimum atomic E-state index is 0.514. The maximum atomic E-state index is 3.83. The fraction of sp³-hybridized carbons (Fsp3) is 0.600. The van der Waals surface area contributed by atoms with E-state index in [2.05, 4.69) is 25.4 Å². The average Bonchev–Trinajstić information content (AvgIpc) is 2.88. The van der Waals surface area contributed by atoms with Gasteiger partial charge in [-0.25, -0.2) is 0 Å². The molecule has 1 nitrogen and oxygen atoms in total. The van der Waals surface area contributed by atoms with Crippen LogP contribution in [0.25, 0.3) is 0 Å². The Morgan fingerprint density at radius 2 is 1.69 bits per heavy atom. The first-order valence-electron chi connectivity index (χ1n) is 6.48. The Hall–Kier alpha value is -0.820. The molecule has 0 aliphatic carbocycles. The lowest BCUT2D eigenvalue weighted by atomic mass is 10.0. The van der Waals surface area contributed by atoms with Crippen LogP contribution in [0.3, 0.4) is 0 Å². The van der Waals surface area contributed by atoms with Crippen molar-refractivity contribution in [3.63, 3.8) is 0 Å². The summed E-state index contributed by atoms with van der Waals surface area (Å²) in [5.74, 6) is 0. The van der Waals surface area contributed by atoms with Crippen molar-refractivity contribution in [3.05, 3.63) is 36.5 Å². The molecule has 1 aliphatic rings. The van der Waals surface area contributed by atoms with Gasteiger partial charge in [0.05, 0.1) is 0 Å². The number of allylic oxidation sites excluding steroid dienone is 2. The predicted molar refractivity (Wildman–Crippen MR) is 76.8 cm³/mol. The van der Waals surface area contributed by atoms with Gasteiger partial charge in [-0.1, -0.05) is 53.0 Å². The van der Waals surface area contributed by atoms with Crippen molar-refractivity contribution >= 4 is 0 Å². The highest BCUT2D eigenvalue weighted by molar-refractivity contribution is 5.34. The van der Waals surface area contributed by atoms with Gasteiger partial charge in [-0.3, -0.25) is 0 Å². The van der Waals surface area contributed by atoms with Crippen molar-refractivity contribution in [2.45, 2.75) is 53.5 Å². The molecule has 0 saturated carbocycles. The van der Waals surface area contributed by atoms with Gasteiger partial charge in [0.25, 0.3) is 0 Å². The summed E-state index contributed by atoms with van der Waals surface area (Å²) in [7, 11) is 0. The van der Waals surface area contributed by atoms with Crippen LogP contribution in [0, 0.1) is 0 Å². The Balaban J connectivity index is 0. The molecule has 94 valence electrons. The molecule has 0 bridgehead atoms. The van der Waals surface area contributed by atoms with Crippen LogP contribution in [-0.4, -0.2) is 12.6 Å². The van der Waals surface area contributed by atoms with Gasteiger partial charge in [0, 0.05) is 6.04 Å². The normalized spacial score (nSPS) is 19.4. The van der Waals surface area contributed by atoms with Gasteiger partial charge in [-0.2, -0.15) is 0 Å². The van der Waals surface area contributed by atoms with Gasteiger partial charge in [0.2, 0.25) is 0 Å². The minimum absolute atomic E-state index is 0.514. The van der Waals surface area contributed by atoms with Gasteiger partial charge in [-0.05, 0) is 37.5 Å². The number of rotatable bonds is 3. The van der Waals surface area contributed by atoms with Gasteiger partial charge >= 0.3 is 0 Å². The highest BCUT2D eigenvalue weighted by Gasteiger charge is 2.17. The van der Waals surface area contributed by atoms with E-state index in [0.717, 1.165) is 6.54 Å². The highest BCUT2D eigenvalue weighted by Crippen LogP contribution is 2.18. The van der Waals surface area contributed by atoms with E-state index in [1.54, 1.807) is 0 Å². The molecule has 0 aromatic rings. The summed E-state index contributed by atoms with van der Waals surface area (Å²) in [6.07, 6.45) is 6.34. The lowest BCUT2D eigenvalue weighted by Crippen LogP contribution is -2.23. The Morgan fingerprint density at radius 3 is 2.00 bits per heavy atom. The monoisotopic (exact) mass is 223 g/mol. The molecule has 1 aliphatic heterocycles. The molecule has 1 rings (SSSR count). The van der Waals surface area contributed by atoms with E-state index in [-0.39, 0.29) is 0 Å². The Labute approximate surface area is 102 Å². The van der Waals surface area contributed by atoms with E-state index >= 15 is 0 Å². The second kappa shape index (κ2) is 12.3. The summed E-state index contributed by atoms with van der Waals surface area (Å²) < 4.78 is 0. The van der Waals surface area contributed by atoms with Crippen LogP contribution in [0.15, 0.2) is 36.5 Å². The third kappa shape index (κ3) is 5.92. The molecule has 1 fully saturated rings. The van der Waals surface area contributed by atoms with Crippen LogP contribution in [0.1, 0.15) is 47.5 Å². The molecule has 1 saturated heterocycles. The number of nitrogens with one attached hydrogen (secondary N) is 1. The van der Waals surface area contributed by atoms with E-state index in [1.165, 1.54) is 24.0 Å². The minimum Gasteiger partial charge on any atom is -0.310 e. The Kier molecular flexibility index (Phi) is 13.5. The fourth-order valence-corrected chi connectivity index (χ4v) is 1.65. The zero-order valence-corrected chi connectivity index (χ0v) is 11.8. The van der Waals surface area contributed by atoms with Crippen LogP contribution in [0.5, 0.6) is 0 Å². The summed E-state index contributed by atoms with van der Waals surface area (Å²) in [5.41, 5.74) is 2.55. The smallest absolute Gasteiger partial charge is 0.0323 e. The van der Waals surface area contributed by atoms with Crippen LogP contribution in [0.4, 0.5) is 0 Å². The van der Waals surface area contributed by atoms with Crippen molar-refractivity contribution in [1.29, 1.82) is 0 Å². The summed E-state index contributed by atoms with van der Waals surface area (Å²) >= 11 is 0. The van der Waals surface area contributed by atoms with Crippen molar-refractivity contribution in [3.8, 4) is 0 Å². The number of hydrogen-bond acceptors (Lipinski definition) is 1. The molecule has 0 aromatic heterocycles. The third-order valence-electron chi connectivity index (χ3n) is 2.42. The zero-order valence-electron chi connectivity index (χ0n) is 11.8. The van der Waals surface area contributed by atoms with Crippen molar-refractivity contribution in [1.82, 2.24) is 5.32 Å². The summed E-state index contributed by atoms with van der Waals surface area (Å²) in [5, 5.41) is 3.45. The van der Waals surface area contributed by atoms with Crippen molar-refractivity contribution in [2.24, 2.45) is 0 Å². The molecule has 1 unspecified atom stereocenters. The molecule has 1 atom stereocenters.